The van der Waals surface area contributed by atoms with Crippen molar-refractivity contribution in [2.75, 3.05) is 6.54 Å². The molecule has 0 N–H and O–H groups in total. The molecule has 7 nitrogen and oxygen atoms in total. The van der Waals surface area contributed by atoms with Gasteiger partial charge in [0.15, 0.2) is 0 Å². The van der Waals surface area contributed by atoms with Gasteiger partial charge in [-0.05, 0) is 68.5 Å². The van der Waals surface area contributed by atoms with E-state index < -0.39 is 0 Å². The minimum Gasteiger partial charge on any atom is -0.274 e. The van der Waals surface area contributed by atoms with Crippen LogP contribution in [0.1, 0.15) is 60.2 Å². The smallest absolute Gasteiger partial charge is 0.261 e. The molecule has 0 saturated heterocycles. The zero-order valence-electron chi connectivity index (χ0n) is 18.0. The second kappa shape index (κ2) is 10.6. The molecule has 0 radical (unpaired) electrons. The van der Waals surface area contributed by atoms with Crippen LogP contribution in [0, 0.1) is 5.92 Å². The summed E-state index contributed by atoms with van der Waals surface area (Å²) < 4.78 is 18.5. The fraction of sp³-hybridized carbons (Fsp3) is 0.364. The van der Waals surface area contributed by atoms with E-state index >= 15 is 0 Å². The van der Waals surface area contributed by atoms with Gasteiger partial charge in [0.2, 0.25) is 0 Å². The number of aromatic nitrogens is 4. The average molecular weight is 611 g/mol. The third-order valence-corrected chi connectivity index (χ3v) is 8.58. The molecular formula is C22H21Br2N5O2S2. The van der Waals surface area contributed by atoms with E-state index in [4.69, 9.17) is 0 Å². The molecule has 2 aromatic heterocycles. The molecule has 0 spiro atoms. The minimum absolute atomic E-state index is 0.190. The molecule has 0 aliphatic carbocycles. The van der Waals surface area contributed by atoms with Gasteiger partial charge in [-0.15, -0.1) is 0 Å². The second-order valence-corrected chi connectivity index (χ2v) is 10.6. The van der Waals surface area contributed by atoms with Crippen LogP contribution < -0.4 is 0 Å². The Morgan fingerprint density at radius 1 is 0.818 bits per heavy atom. The third kappa shape index (κ3) is 5.16. The lowest BCUT2D eigenvalue weighted by molar-refractivity contribution is 0.0624. The highest BCUT2D eigenvalue weighted by Gasteiger charge is 2.37. The van der Waals surface area contributed by atoms with Crippen molar-refractivity contribution in [1.29, 1.82) is 0 Å². The van der Waals surface area contributed by atoms with Gasteiger partial charge in [-0.2, -0.15) is 17.5 Å². The second-order valence-electron chi connectivity index (χ2n) is 7.81. The summed E-state index contributed by atoms with van der Waals surface area (Å²) in [5.41, 5.74) is 4.18. The maximum Gasteiger partial charge on any atom is 0.261 e. The fourth-order valence-electron chi connectivity index (χ4n) is 3.69. The first kappa shape index (κ1) is 24.3. The summed E-state index contributed by atoms with van der Waals surface area (Å²) in [6.45, 7) is 4.78. The van der Waals surface area contributed by atoms with Crippen molar-refractivity contribution in [1.82, 2.24) is 22.4 Å². The molecule has 172 valence electrons. The maximum atomic E-state index is 12.6. The Morgan fingerprint density at radius 3 is 1.70 bits per heavy atom. The molecule has 11 heteroatoms. The van der Waals surface area contributed by atoms with Gasteiger partial charge in [0, 0.05) is 15.5 Å². The minimum atomic E-state index is -0.190. The first-order chi connectivity index (χ1) is 15.9. The summed E-state index contributed by atoms with van der Waals surface area (Å²) >= 11 is 9.11. The number of carbonyl (C=O) groups is 2. The van der Waals surface area contributed by atoms with Crippen LogP contribution in [0.25, 0.3) is 22.1 Å². The van der Waals surface area contributed by atoms with Crippen LogP contribution in [0.3, 0.4) is 0 Å². The molecule has 33 heavy (non-hydrogen) atoms. The summed E-state index contributed by atoms with van der Waals surface area (Å²) in [4.78, 5) is 26.5. The van der Waals surface area contributed by atoms with E-state index in [9.17, 15) is 9.59 Å². The number of hydrogen-bond donors (Lipinski definition) is 0. The molecule has 2 aromatic carbocycles. The van der Waals surface area contributed by atoms with E-state index in [1.165, 1.54) is 16.6 Å². The van der Waals surface area contributed by atoms with Gasteiger partial charge in [0.1, 0.15) is 22.1 Å². The molecule has 0 saturated carbocycles. The lowest BCUT2D eigenvalue weighted by atomic mass is 9.99. The van der Waals surface area contributed by atoms with Crippen LogP contribution in [0.2, 0.25) is 0 Å². The summed E-state index contributed by atoms with van der Waals surface area (Å²) in [6, 6.07) is 7.29. The lowest BCUT2D eigenvalue weighted by Gasteiger charge is -2.21. The quantitative estimate of drug-likeness (QED) is 0.225. The Labute approximate surface area is 216 Å². The number of fused-ring (bicyclic) bond motifs is 3. The summed E-state index contributed by atoms with van der Waals surface area (Å²) in [7, 11) is 0. The van der Waals surface area contributed by atoms with Crippen molar-refractivity contribution < 1.29 is 9.59 Å². The van der Waals surface area contributed by atoms with Crippen LogP contribution in [-0.2, 0) is 0 Å². The largest absolute Gasteiger partial charge is 0.274 e. The van der Waals surface area contributed by atoms with E-state index in [0.29, 0.717) is 34.6 Å². The molecule has 1 aliphatic rings. The van der Waals surface area contributed by atoms with Crippen molar-refractivity contribution in [3.05, 3.63) is 44.3 Å². The fourth-order valence-corrected chi connectivity index (χ4v) is 5.37. The lowest BCUT2D eigenvalue weighted by Crippen LogP contribution is -2.34. The average Bonchev–Trinajstić information content (AvgIpc) is 3.51. The molecule has 5 rings (SSSR count). The summed E-state index contributed by atoms with van der Waals surface area (Å²) in [5, 5.41) is 0. The molecule has 1 atom stereocenters. The van der Waals surface area contributed by atoms with Crippen LogP contribution in [0.5, 0.6) is 0 Å². The predicted molar refractivity (Wildman–Crippen MR) is 139 cm³/mol. The molecular weight excluding hydrogens is 590 g/mol. The molecule has 0 fully saturated rings. The van der Waals surface area contributed by atoms with Gasteiger partial charge in [-0.25, -0.2) is 0 Å². The van der Waals surface area contributed by atoms with E-state index in [2.05, 4.69) is 63.2 Å². The van der Waals surface area contributed by atoms with Crippen LogP contribution in [0.4, 0.5) is 0 Å². The van der Waals surface area contributed by atoms with Crippen LogP contribution in [-0.4, -0.2) is 40.8 Å². The van der Waals surface area contributed by atoms with Gasteiger partial charge in [-0.3, -0.25) is 14.5 Å². The Bertz CT molecular complexity index is 1240. The molecule has 1 unspecified atom stereocenters. The summed E-state index contributed by atoms with van der Waals surface area (Å²) in [5.74, 6) is -0.00589. The van der Waals surface area contributed by atoms with Crippen molar-refractivity contribution in [2.45, 2.75) is 39.5 Å². The number of rotatable bonds is 6. The number of imide groups is 1. The van der Waals surface area contributed by atoms with E-state index in [1.54, 1.807) is 12.1 Å². The first-order valence-electron chi connectivity index (χ1n) is 10.6. The van der Waals surface area contributed by atoms with Crippen LogP contribution >= 0.6 is 55.3 Å². The monoisotopic (exact) mass is 609 g/mol. The molecule has 2 amide bonds. The normalized spacial score (nSPS) is 14.0. The number of benzene rings is 2. The predicted octanol–water partition coefficient (Wildman–Crippen LogP) is 6.72. The maximum absolute atomic E-state index is 12.6. The van der Waals surface area contributed by atoms with Crippen LogP contribution in [0.15, 0.2) is 33.2 Å². The molecule has 3 heterocycles. The van der Waals surface area contributed by atoms with Gasteiger partial charge < -0.3 is 0 Å². The molecule has 0 bridgehead atoms. The van der Waals surface area contributed by atoms with Crippen molar-refractivity contribution in [2.24, 2.45) is 5.92 Å². The Kier molecular flexibility index (Phi) is 7.83. The Hall–Kier alpha value is -1.82. The molecule has 4 aromatic rings. The highest BCUT2D eigenvalue weighted by molar-refractivity contribution is 9.13. The number of hydrogen-bond acceptors (Lipinski definition) is 8. The van der Waals surface area contributed by atoms with Crippen molar-refractivity contribution in [3.63, 3.8) is 0 Å². The SMILES string of the molecule is Brc1cc2nsnc2cc1Br.CCCCC(CC)CN1C(=O)c2cc3nsnc3cc2C1=O. The standard InChI is InChI=1S/C16H19N3O2S.C6H2Br2N2S/c1-3-5-6-10(4-2)9-19-15(20)11-7-13-14(18-22-17-13)8-12(11)16(19)21;7-3-1-5-6(2-4(3)8)10-11-9-5/h7-8,10H,3-6,9H2,1-2H3;1-2H. The van der Waals surface area contributed by atoms with Gasteiger partial charge >= 0.3 is 0 Å². The van der Waals surface area contributed by atoms with E-state index in [-0.39, 0.29) is 11.8 Å². The van der Waals surface area contributed by atoms with Crippen molar-refractivity contribution >= 4 is 89.2 Å². The van der Waals surface area contributed by atoms with Gasteiger partial charge in [-0.1, -0.05) is 33.1 Å². The Balaban J connectivity index is 0.000000196. The van der Waals surface area contributed by atoms with E-state index in [1.807, 2.05) is 12.1 Å². The highest BCUT2D eigenvalue weighted by Crippen LogP contribution is 2.29. The van der Waals surface area contributed by atoms with Gasteiger partial charge in [0.25, 0.3) is 11.8 Å². The number of halogens is 2. The number of carbonyl (C=O) groups excluding carboxylic acids is 2. The number of unbranched alkanes of at least 4 members (excludes halogenated alkanes) is 1. The highest BCUT2D eigenvalue weighted by atomic mass is 79.9. The van der Waals surface area contributed by atoms with Crippen molar-refractivity contribution in [3.8, 4) is 0 Å². The van der Waals surface area contributed by atoms with Gasteiger partial charge in [0.05, 0.1) is 34.6 Å². The topological polar surface area (TPSA) is 88.9 Å². The first-order valence-corrected chi connectivity index (χ1v) is 13.7. The number of amides is 2. The number of nitrogens with zero attached hydrogens (tertiary/aromatic N) is 5. The third-order valence-electron chi connectivity index (χ3n) is 5.62. The zero-order valence-corrected chi connectivity index (χ0v) is 22.9. The summed E-state index contributed by atoms with van der Waals surface area (Å²) in [6.07, 6.45) is 4.29. The Morgan fingerprint density at radius 2 is 1.27 bits per heavy atom. The zero-order chi connectivity index (χ0) is 23.5. The van der Waals surface area contributed by atoms with E-state index in [0.717, 1.165) is 57.4 Å². The molecule has 1 aliphatic heterocycles.